The van der Waals surface area contributed by atoms with Crippen LogP contribution in [0.2, 0.25) is 0 Å². The number of ether oxygens (including phenoxy) is 1. The van der Waals surface area contributed by atoms with Gasteiger partial charge >= 0.3 is 6.09 Å². The molecular weight excluding hydrogens is 741 g/mol. The van der Waals surface area contributed by atoms with E-state index in [2.05, 4.69) is 20.5 Å². The van der Waals surface area contributed by atoms with Crippen LogP contribution in [0.4, 0.5) is 10.5 Å². The van der Waals surface area contributed by atoms with Crippen molar-refractivity contribution >= 4 is 33.4 Å². The summed E-state index contributed by atoms with van der Waals surface area (Å²) < 4.78 is 28.9. The lowest BCUT2D eigenvalue weighted by molar-refractivity contribution is -0.134. The van der Waals surface area contributed by atoms with Gasteiger partial charge in [0.1, 0.15) is 17.5 Å². The molecule has 1 aromatic heterocycles. The Morgan fingerprint density at radius 1 is 0.842 bits per heavy atom. The van der Waals surface area contributed by atoms with Crippen LogP contribution in [0.15, 0.2) is 109 Å². The molecule has 296 valence electrons. The van der Waals surface area contributed by atoms with Crippen LogP contribution in [-0.2, 0) is 25.9 Å². The lowest BCUT2D eigenvalue weighted by Crippen LogP contribution is -2.44. The number of nitrogens with zero attached hydrogens (tertiary/aromatic N) is 3. The van der Waals surface area contributed by atoms with Crippen LogP contribution in [0.25, 0.3) is 22.4 Å². The first kappa shape index (κ1) is 39.4. The monoisotopic (exact) mass is 788 g/mol. The minimum Gasteiger partial charge on any atom is -0.444 e. The number of hydrogen-bond donors (Lipinski definition) is 3. The van der Waals surface area contributed by atoms with Crippen molar-refractivity contribution in [3.63, 3.8) is 0 Å². The molecule has 0 unspecified atom stereocenters. The molecule has 2 atom stereocenters. The van der Waals surface area contributed by atoms with E-state index in [0.717, 1.165) is 40.8 Å². The van der Waals surface area contributed by atoms with Crippen molar-refractivity contribution in [2.75, 3.05) is 36.5 Å². The van der Waals surface area contributed by atoms with E-state index < -0.39 is 27.6 Å². The molecule has 3 amide bonds. The minimum atomic E-state index is -2.92. The van der Waals surface area contributed by atoms with Crippen molar-refractivity contribution in [3.05, 3.63) is 132 Å². The lowest BCUT2D eigenvalue weighted by Gasteiger charge is -2.29. The Bertz CT molecular complexity index is 2290. The molecule has 2 saturated heterocycles. The number of anilines is 1. The molecule has 3 N–H and O–H groups in total. The van der Waals surface area contributed by atoms with Gasteiger partial charge in [-0.2, -0.15) is 0 Å². The Kier molecular flexibility index (Phi) is 11.6. The summed E-state index contributed by atoms with van der Waals surface area (Å²) in [5, 5.41) is 5.76. The molecule has 57 heavy (non-hydrogen) atoms. The largest absolute Gasteiger partial charge is 0.444 e. The van der Waals surface area contributed by atoms with Gasteiger partial charge in [0.2, 0.25) is 0 Å². The number of carbonyl (C=O) groups is 3. The molecule has 0 bridgehead atoms. The van der Waals surface area contributed by atoms with E-state index in [-0.39, 0.29) is 29.4 Å². The lowest BCUT2D eigenvalue weighted by atomic mass is 10.0. The molecule has 13 heteroatoms. The molecule has 3 heterocycles. The van der Waals surface area contributed by atoms with Crippen LogP contribution in [0, 0.1) is 0 Å². The van der Waals surface area contributed by atoms with E-state index in [9.17, 15) is 22.8 Å². The molecule has 2 aliphatic heterocycles. The number of likely N-dealkylation sites (tertiary alicyclic amines) is 1. The van der Waals surface area contributed by atoms with E-state index in [4.69, 9.17) is 9.72 Å². The highest BCUT2D eigenvalue weighted by Crippen LogP contribution is 2.34. The number of imidazole rings is 1. The smallest absolute Gasteiger partial charge is 0.408 e. The topological polar surface area (TPSA) is 154 Å². The van der Waals surface area contributed by atoms with Gasteiger partial charge in [0.05, 0.1) is 29.4 Å². The Morgan fingerprint density at radius 3 is 2.12 bits per heavy atom. The van der Waals surface area contributed by atoms with E-state index in [1.54, 1.807) is 44.0 Å². The fraction of sp³-hybridized carbons (Fsp3) is 0.318. The van der Waals surface area contributed by atoms with E-state index in [1.165, 1.54) is 0 Å². The summed E-state index contributed by atoms with van der Waals surface area (Å²) in [4.78, 5) is 52.0. The number of benzene rings is 4. The maximum Gasteiger partial charge on any atom is 0.408 e. The number of aromatic nitrogens is 2. The Labute approximate surface area is 333 Å². The van der Waals surface area contributed by atoms with Gasteiger partial charge in [0.15, 0.2) is 9.84 Å². The number of sulfone groups is 1. The number of alkyl carbamates (subject to hydrolysis) is 1. The summed E-state index contributed by atoms with van der Waals surface area (Å²) in [5.41, 5.74) is 5.96. The average Bonchev–Trinajstić information content (AvgIpc) is 3.89. The van der Waals surface area contributed by atoms with Gasteiger partial charge in [-0.3, -0.25) is 14.5 Å². The number of hydrogen-bond acceptors (Lipinski definition) is 8. The van der Waals surface area contributed by atoms with Crippen molar-refractivity contribution in [2.24, 2.45) is 0 Å². The van der Waals surface area contributed by atoms with E-state index in [0.29, 0.717) is 48.8 Å². The van der Waals surface area contributed by atoms with Crippen LogP contribution in [-0.4, -0.2) is 82.8 Å². The first-order valence-corrected chi connectivity index (χ1v) is 21.1. The molecule has 4 aromatic carbocycles. The van der Waals surface area contributed by atoms with Crippen LogP contribution >= 0.6 is 0 Å². The molecule has 0 spiro atoms. The summed E-state index contributed by atoms with van der Waals surface area (Å²) in [6, 6.07) is 31.2. The van der Waals surface area contributed by atoms with Crippen molar-refractivity contribution < 1.29 is 27.5 Å². The zero-order valence-electron chi connectivity index (χ0n) is 32.4. The van der Waals surface area contributed by atoms with Gasteiger partial charge in [-0.15, -0.1) is 0 Å². The number of amides is 3. The molecule has 0 aliphatic carbocycles. The molecule has 2 aliphatic rings. The zero-order valence-corrected chi connectivity index (χ0v) is 33.2. The first-order chi connectivity index (χ1) is 27.3. The second-order valence-corrected chi connectivity index (χ2v) is 17.9. The summed E-state index contributed by atoms with van der Waals surface area (Å²) in [6.07, 6.45) is 2.67. The highest BCUT2D eigenvalue weighted by atomic mass is 32.2. The average molecular weight is 789 g/mol. The third-order valence-electron chi connectivity index (χ3n) is 10.2. The van der Waals surface area contributed by atoms with Crippen molar-refractivity contribution in [1.82, 2.24) is 25.1 Å². The summed E-state index contributed by atoms with van der Waals surface area (Å²) >= 11 is 0. The third-order valence-corrected chi connectivity index (χ3v) is 11.8. The standard InChI is InChI=1S/C44H48N6O6S/c1-44(2,3)56-43(53)48-39(34-8-5-4-6-9-34)42(52)50-23-7-10-38(50)40-45-28-37(47-40)33-17-13-31(14-18-33)32-15-19-35(20-16-32)41(51)46-36-21-11-30(12-22-36)29-49-24-26-57(54,55)27-25-49/h4-6,8-9,11-22,28,38-39H,7,10,23-27,29H2,1-3H3,(H,45,47)(H,46,51)(H,48,53)/t38-,39-/m0/s1. The van der Waals surface area contributed by atoms with Gasteiger partial charge in [-0.25, -0.2) is 18.2 Å². The number of rotatable bonds is 10. The molecule has 2 fully saturated rings. The summed E-state index contributed by atoms with van der Waals surface area (Å²) in [5.74, 6) is 0.643. The fourth-order valence-electron chi connectivity index (χ4n) is 7.21. The van der Waals surface area contributed by atoms with Gasteiger partial charge < -0.3 is 25.3 Å². The first-order valence-electron chi connectivity index (χ1n) is 19.2. The molecule has 7 rings (SSSR count). The second-order valence-electron chi connectivity index (χ2n) is 15.6. The van der Waals surface area contributed by atoms with Gasteiger partial charge in [0.25, 0.3) is 11.8 Å². The molecular formula is C44H48N6O6S. The van der Waals surface area contributed by atoms with E-state index in [1.807, 2.05) is 91.0 Å². The second kappa shape index (κ2) is 16.7. The minimum absolute atomic E-state index is 0.194. The van der Waals surface area contributed by atoms with Crippen LogP contribution < -0.4 is 10.6 Å². The predicted molar refractivity (Wildman–Crippen MR) is 220 cm³/mol. The zero-order chi connectivity index (χ0) is 40.2. The van der Waals surface area contributed by atoms with Gasteiger partial charge in [0, 0.05) is 37.4 Å². The summed E-state index contributed by atoms with van der Waals surface area (Å²) in [6.45, 7) is 7.63. The predicted octanol–water partition coefficient (Wildman–Crippen LogP) is 7.16. The number of carbonyl (C=O) groups excluding carboxylic acids is 3. The number of nitrogens with one attached hydrogen (secondary N) is 3. The highest BCUT2D eigenvalue weighted by molar-refractivity contribution is 7.91. The van der Waals surface area contributed by atoms with Gasteiger partial charge in [-0.05, 0) is 85.7 Å². The molecule has 0 radical (unpaired) electrons. The fourth-order valence-corrected chi connectivity index (χ4v) is 8.49. The van der Waals surface area contributed by atoms with Gasteiger partial charge in [-0.1, -0.05) is 78.9 Å². The number of H-pyrrole nitrogens is 1. The molecule has 0 saturated carbocycles. The normalized spacial score (nSPS) is 17.5. The Morgan fingerprint density at radius 2 is 1.47 bits per heavy atom. The van der Waals surface area contributed by atoms with E-state index >= 15 is 0 Å². The summed E-state index contributed by atoms with van der Waals surface area (Å²) in [7, 11) is -2.92. The van der Waals surface area contributed by atoms with Crippen LogP contribution in [0.3, 0.4) is 0 Å². The van der Waals surface area contributed by atoms with Crippen LogP contribution in [0.1, 0.15) is 73.0 Å². The quantitative estimate of drug-likeness (QED) is 0.135. The maximum absolute atomic E-state index is 14.1. The SMILES string of the molecule is CC(C)(C)OC(=O)N[C@H](C(=O)N1CCC[C@H]1c1ncc(-c2ccc(-c3ccc(C(=O)Nc4ccc(CN5CCS(=O)(=O)CC5)cc4)cc3)cc2)[nH]1)c1ccccc1. The Balaban J connectivity index is 0.964. The van der Waals surface area contributed by atoms with Crippen molar-refractivity contribution in [2.45, 2.75) is 57.8 Å². The van der Waals surface area contributed by atoms with Crippen molar-refractivity contribution in [1.29, 1.82) is 0 Å². The third kappa shape index (κ3) is 9.97. The highest BCUT2D eigenvalue weighted by Gasteiger charge is 2.37. The van der Waals surface area contributed by atoms with Crippen molar-refractivity contribution in [3.8, 4) is 22.4 Å². The Hall–Kier alpha value is -5.79. The van der Waals surface area contributed by atoms with Crippen LogP contribution in [0.5, 0.6) is 0 Å². The molecule has 5 aromatic rings. The number of aromatic amines is 1. The molecule has 12 nitrogen and oxygen atoms in total. The maximum atomic E-state index is 14.1.